The highest BCUT2D eigenvalue weighted by molar-refractivity contribution is 5.80. The molecule has 0 spiro atoms. The van der Waals surface area contributed by atoms with Gasteiger partial charge in [0.05, 0.1) is 12.3 Å². The van der Waals surface area contributed by atoms with Gasteiger partial charge in [-0.3, -0.25) is 9.89 Å². The van der Waals surface area contributed by atoms with Crippen molar-refractivity contribution < 1.29 is 8.81 Å². The first-order chi connectivity index (χ1) is 14.2. The summed E-state index contributed by atoms with van der Waals surface area (Å²) in [6.45, 7) is 8.29. The van der Waals surface area contributed by atoms with Crippen LogP contribution in [0.4, 0.5) is 10.2 Å². The fraction of sp³-hybridized carbons (Fsp3) is 0.524. The molecule has 0 aromatic carbocycles. The van der Waals surface area contributed by atoms with E-state index in [0.29, 0.717) is 18.9 Å². The third-order valence-electron chi connectivity index (χ3n) is 5.38. The molecule has 1 aliphatic heterocycles. The summed E-state index contributed by atoms with van der Waals surface area (Å²) in [6, 6.07) is 7.30. The van der Waals surface area contributed by atoms with Gasteiger partial charge in [-0.2, -0.15) is 0 Å². The smallest absolute Gasteiger partial charge is 0.191 e. The van der Waals surface area contributed by atoms with Gasteiger partial charge in [-0.25, -0.2) is 9.37 Å². The Labute approximate surface area is 172 Å². The predicted molar refractivity (Wildman–Crippen MR) is 114 cm³/mol. The zero-order valence-corrected chi connectivity index (χ0v) is 17.4. The molecule has 2 unspecified atom stereocenters. The molecule has 29 heavy (non-hydrogen) atoms. The van der Waals surface area contributed by atoms with E-state index in [9.17, 15) is 4.39 Å². The second kappa shape index (κ2) is 10.2. The Morgan fingerprint density at radius 2 is 2.21 bits per heavy atom. The third kappa shape index (κ3) is 5.26. The van der Waals surface area contributed by atoms with Crippen LogP contribution in [0.1, 0.15) is 32.1 Å². The summed E-state index contributed by atoms with van der Waals surface area (Å²) in [6.07, 6.45) is 4.23. The molecule has 7 nitrogen and oxygen atoms in total. The van der Waals surface area contributed by atoms with Crippen molar-refractivity contribution >= 4 is 11.8 Å². The summed E-state index contributed by atoms with van der Waals surface area (Å²) in [5, 5.41) is 6.89. The van der Waals surface area contributed by atoms with E-state index in [-0.39, 0.29) is 17.9 Å². The topological polar surface area (TPSA) is 68.9 Å². The summed E-state index contributed by atoms with van der Waals surface area (Å²) >= 11 is 0. The highest BCUT2D eigenvalue weighted by Gasteiger charge is 2.26. The Kier molecular flexibility index (Phi) is 7.46. The third-order valence-corrected chi connectivity index (χ3v) is 5.38. The Hall–Kier alpha value is -2.61. The molecule has 158 valence electrons. The second-order valence-electron chi connectivity index (χ2n) is 7.09. The molecule has 0 radical (unpaired) electrons. The van der Waals surface area contributed by atoms with E-state index in [1.807, 2.05) is 17.0 Å². The van der Waals surface area contributed by atoms with Gasteiger partial charge < -0.3 is 20.0 Å². The van der Waals surface area contributed by atoms with Gasteiger partial charge in [0.2, 0.25) is 0 Å². The first-order valence-electron chi connectivity index (χ1n) is 10.3. The van der Waals surface area contributed by atoms with Crippen LogP contribution in [-0.4, -0.2) is 61.7 Å². The lowest BCUT2D eigenvalue weighted by molar-refractivity contribution is 0.193. The van der Waals surface area contributed by atoms with Gasteiger partial charge >= 0.3 is 0 Å². The standard InChI is InChI=1S/C21H31FN6O/c1-4-27(5-2)18(19-9-7-13-29-19)14-25-21(23-3)26-16-10-12-28(15-16)20-17(22)8-6-11-24-20/h6-9,11,13,16,18H,4-5,10,12,14-15H2,1-3H3,(H2,23,25,26). The first kappa shape index (κ1) is 21.1. The lowest BCUT2D eigenvalue weighted by Crippen LogP contribution is -2.47. The van der Waals surface area contributed by atoms with Crippen LogP contribution in [0.3, 0.4) is 0 Å². The molecule has 0 bridgehead atoms. The highest BCUT2D eigenvalue weighted by atomic mass is 19.1. The zero-order chi connectivity index (χ0) is 20.6. The number of furan rings is 1. The minimum Gasteiger partial charge on any atom is -0.468 e. The number of aromatic nitrogens is 1. The Bertz CT molecular complexity index is 777. The molecule has 0 saturated carbocycles. The Balaban J connectivity index is 1.57. The number of hydrogen-bond acceptors (Lipinski definition) is 5. The molecule has 2 aromatic heterocycles. The van der Waals surface area contributed by atoms with Crippen molar-refractivity contribution in [2.75, 3.05) is 44.7 Å². The van der Waals surface area contributed by atoms with Crippen molar-refractivity contribution in [3.63, 3.8) is 0 Å². The summed E-state index contributed by atoms with van der Waals surface area (Å²) in [7, 11) is 1.76. The average Bonchev–Trinajstić information content (AvgIpc) is 3.43. The van der Waals surface area contributed by atoms with E-state index in [2.05, 4.69) is 39.4 Å². The summed E-state index contributed by atoms with van der Waals surface area (Å²) in [5.74, 6) is 1.81. The van der Waals surface area contributed by atoms with Gasteiger partial charge in [-0.05, 0) is 43.8 Å². The molecule has 3 heterocycles. The van der Waals surface area contributed by atoms with E-state index in [4.69, 9.17) is 4.42 Å². The highest BCUT2D eigenvalue weighted by Crippen LogP contribution is 2.22. The number of halogens is 1. The molecule has 2 aromatic rings. The largest absolute Gasteiger partial charge is 0.468 e. The van der Waals surface area contributed by atoms with Crippen LogP contribution in [0, 0.1) is 5.82 Å². The second-order valence-corrected chi connectivity index (χ2v) is 7.09. The number of nitrogens with one attached hydrogen (secondary N) is 2. The number of aliphatic imine (C=N–C) groups is 1. The van der Waals surface area contributed by atoms with E-state index in [1.54, 1.807) is 25.6 Å². The number of rotatable bonds is 8. The van der Waals surface area contributed by atoms with Crippen LogP contribution in [0.2, 0.25) is 0 Å². The molecule has 1 aliphatic rings. The van der Waals surface area contributed by atoms with Gasteiger partial charge in [-0.15, -0.1) is 0 Å². The molecule has 0 aliphatic carbocycles. The average molecular weight is 403 g/mol. The van der Waals surface area contributed by atoms with Crippen molar-refractivity contribution in [1.82, 2.24) is 20.5 Å². The number of hydrogen-bond donors (Lipinski definition) is 2. The van der Waals surface area contributed by atoms with Crippen LogP contribution < -0.4 is 15.5 Å². The predicted octanol–water partition coefficient (Wildman–Crippen LogP) is 2.64. The van der Waals surface area contributed by atoms with Gasteiger partial charge in [0.15, 0.2) is 17.6 Å². The lowest BCUT2D eigenvalue weighted by atomic mass is 10.2. The fourth-order valence-electron chi connectivity index (χ4n) is 3.82. The maximum atomic E-state index is 14.0. The maximum absolute atomic E-state index is 14.0. The molecular formula is C21H31FN6O. The zero-order valence-electron chi connectivity index (χ0n) is 17.4. The van der Waals surface area contributed by atoms with E-state index >= 15 is 0 Å². The van der Waals surface area contributed by atoms with E-state index in [1.165, 1.54) is 6.07 Å². The molecule has 0 amide bonds. The number of pyridine rings is 1. The van der Waals surface area contributed by atoms with Crippen LogP contribution in [0.5, 0.6) is 0 Å². The van der Waals surface area contributed by atoms with E-state index < -0.39 is 0 Å². The van der Waals surface area contributed by atoms with Crippen LogP contribution in [-0.2, 0) is 0 Å². The SMILES string of the molecule is CCN(CC)C(CNC(=NC)NC1CCN(c2ncccc2F)C1)c1ccco1. The quantitative estimate of drug-likeness (QED) is 0.523. The van der Waals surface area contributed by atoms with Crippen molar-refractivity contribution in [3.8, 4) is 0 Å². The molecule has 2 N–H and O–H groups in total. The summed E-state index contributed by atoms with van der Waals surface area (Å²) in [4.78, 5) is 12.9. The van der Waals surface area contributed by atoms with Gasteiger partial charge in [0, 0.05) is 38.9 Å². The van der Waals surface area contributed by atoms with Gasteiger partial charge in [0.25, 0.3) is 0 Å². The number of likely N-dealkylation sites (N-methyl/N-ethyl adjacent to an activating group) is 1. The minimum atomic E-state index is -0.281. The van der Waals surface area contributed by atoms with Crippen molar-refractivity contribution in [3.05, 3.63) is 48.3 Å². The van der Waals surface area contributed by atoms with Crippen LogP contribution >= 0.6 is 0 Å². The maximum Gasteiger partial charge on any atom is 0.191 e. The summed E-state index contributed by atoms with van der Waals surface area (Å²) < 4.78 is 19.7. The molecule has 8 heteroatoms. The number of guanidine groups is 1. The van der Waals surface area contributed by atoms with Crippen molar-refractivity contribution in [1.29, 1.82) is 0 Å². The van der Waals surface area contributed by atoms with Gasteiger partial charge in [0.1, 0.15) is 5.76 Å². The normalized spacial score (nSPS) is 18.3. The number of nitrogens with zero attached hydrogens (tertiary/aromatic N) is 4. The van der Waals surface area contributed by atoms with Crippen molar-refractivity contribution in [2.45, 2.75) is 32.4 Å². The Morgan fingerprint density at radius 1 is 1.38 bits per heavy atom. The molecule has 3 rings (SSSR count). The number of anilines is 1. The molecular weight excluding hydrogens is 371 g/mol. The molecule has 2 atom stereocenters. The molecule has 1 saturated heterocycles. The monoisotopic (exact) mass is 402 g/mol. The van der Waals surface area contributed by atoms with Crippen LogP contribution in [0.15, 0.2) is 46.1 Å². The molecule has 1 fully saturated rings. The van der Waals surface area contributed by atoms with E-state index in [0.717, 1.165) is 37.8 Å². The fourth-order valence-corrected chi connectivity index (χ4v) is 3.82. The Morgan fingerprint density at radius 3 is 2.86 bits per heavy atom. The van der Waals surface area contributed by atoms with Crippen LogP contribution in [0.25, 0.3) is 0 Å². The summed E-state index contributed by atoms with van der Waals surface area (Å²) in [5.41, 5.74) is 0. The van der Waals surface area contributed by atoms with Gasteiger partial charge in [-0.1, -0.05) is 13.8 Å². The lowest BCUT2D eigenvalue weighted by Gasteiger charge is -2.29. The first-order valence-corrected chi connectivity index (χ1v) is 10.3. The minimum absolute atomic E-state index is 0.126. The van der Waals surface area contributed by atoms with Crippen molar-refractivity contribution in [2.24, 2.45) is 4.99 Å².